The van der Waals surface area contributed by atoms with E-state index >= 15 is 0 Å². The third kappa shape index (κ3) is 3.38. The smallest absolute Gasteiger partial charge is 0.239 e. The molecule has 1 heterocycles. The largest absolute Gasteiger partial charge is 0.497 e. The number of aromatic nitrogens is 1. The van der Waals surface area contributed by atoms with Crippen molar-refractivity contribution in [3.8, 4) is 5.75 Å². The van der Waals surface area contributed by atoms with Gasteiger partial charge in [0.2, 0.25) is 5.91 Å². The second kappa shape index (κ2) is 6.75. The number of methoxy groups -OCH3 is 1. The second-order valence-electron chi connectivity index (χ2n) is 4.45. The van der Waals surface area contributed by atoms with Gasteiger partial charge in [0, 0.05) is 18.1 Å². The number of amides is 1. The lowest BCUT2D eigenvalue weighted by Gasteiger charge is -2.09. The summed E-state index contributed by atoms with van der Waals surface area (Å²) >= 11 is 0. The van der Waals surface area contributed by atoms with Crippen molar-refractivity contribution in [2.45, 2.75) is 13.3 Å². The summed E-state index contributed by atoms with van der Waals surface area (Å²) < 4.78 is 5.20. The fraction of sp³-hybridized carbons (Fsp3) is 0.333. The van der Waals surface area contributed by atoms with E-state index in [0.717, 1.165) is 22.9 Å². The molecule has 0 atom stereocenters. The summed E-state index contributed by atoms with van der Waals surface area (Å²) in [6, 6.07) is 7.68. The van der Waals surface area contributed by atoms with Crippen molar-refractivity contribution in [3.63, 3.8) is 0 Å². The van der Waals surface area contributed by atoms with Crippen LogP contribution in [0.15, 0.2) is 30.5 Å². The molecule has 0 spiro atoms. The lowest BCUT2D eigenvalue weighted by Crippen LogP contribution is -2.30. The van der Waals surface area contributed by atoms with Crippen LogP contribution in [0.2, 0.25) is 0 Å². The Bertz CT molecular complexity index is 599. The average Bonchev–Trinajstić information content (AvgIpc) is 2.50. The summed E-state index contributed by atoms with van der Waals surface area (Å²) in [7, 11) is 1.64. The lowest BCUT2D eigenvalue weighted by molar-refractivity contribution is -0.119. The standard InChI is InChI=1S/C15H19N3O2/c1-3-7-16-14(19)10-18-15-13-5-4-12(20-2)9-11(13)6-8-17-15/h4-6,8-9H,3,7,10H2,1-2H3,(H,16,19)(H,17,18). The van der Waals surface area contributed by atoms with Gasteiger partial charge in [0.05, 0.1) is 13.7 Å². The first-order valence-corrected chi connectivity index (χ1v) is 6.68. The molecule has 0 aliphatic heterocycles. The van der Waals surface area contributed by atoms with E-state index in [9.17, 15) is 4.79 Å². The van der Waals surface area contributed by atoms with E-state index in [4.69, 9.17) is 4.74 Å². The van der Waals surface area contributed by atoms with E-state index in [1.165, 1.54) is 0 Å². The van der Waals surface area contributed by atoms with Gasteiger partial charge in [-0.05, 0) is 36.1 Å². The zero-order valence-corrected chi connectivity index (χ0v) is 11.8. The highest BCUT2D eigenvalue weighted by Crippen LogP contribution is 2.24. The third-order valence-corrected chi connectivity index (χ3v) is 2.96. The minimum Gasteiger partial charge on any atom is -0.497 e. The lowest BCUT2D eigenvalue weighted by atomic mass is 10.1. The van der Waals surface area contributed by atoms with E-state index < -0.39 is 0 Å². The van der Waals surface area contributed by atoms with Crippen LogP contribution in [0.25, 0.3) is 10.8 Å². The van der Waals surface area contributed by atoms with Crippen molar-refractivity contribution in [1.29, 1.82) is 0 Å². The molecule has 0 radical (unpaired) electrons. The molecule has 5 heteroatoms. The topological polar surface area (TPSA) is 63.2 Å². The van der Waals surface area contributed by atoms with Crippen LogP contribution in [-0.4, -0.2) is 31.1 Å². The van der Waals surface area contributed by atoms with Gasteiger partial charge >= 0.3 is 0 Å². The Labute approximate surface area is 118 Å². The van der Waals surface area contributed by atoms with Gasteiger partial charge in [-0.2, -0.15) is 0 Å². The van der Waals surface area contributed by atoms with Gasteiger partial charge < -0.3 is 15.4 Å². The summed E-state index contributed by atoms with van der Waals surface area (Å²) in [5.41, 5.74) is 0. The molecule has 0 aliphatic rings. The molecule has 20 heavy (non-hydrogen) atoms. The van der Waals surface area contributed by atoms with Crippen LogP contribution in [0.3, 0.4) is 0 Å². The number of nitrogens with one attached hydrogen (secondary N) is 2. The molecule has 5 nitrogen and oxygen atoms in total. The molecule has 0 bridgehead atoms. The van der Waals surface area contributed by atoms with Crippen molar-refractivity contribution in [1.82, 2.24) is 10.3 Å². The van der Waals surface area contributed by atoms with Crippen LogP contribution < -0.4 is 15.4 Å². The average molecular weight is 273 g/mol. The molecule has 1 aromatic heterocycles. The number of rotatable bonds is 6. The number of hydrogen-bond acceptors (Lipinski definition) is 4. The molecular formula is C15H19N3O2. The Morgan fingerprint density at radius 2 is 2.20 bits per heavy atom. The van der Waals surface area contributed by atoms with Crippen molar-refractivity contribution in [2.24, 2.45) is 0 Å². The molecule has 0 unspecified atom stereocenters. The van der Waals surface area contributed by atoms with Crippen molar-refractivity contribution >= 4 is 22.5 Å². The summed E-state index contributed by atoms with van der Waals surface area (Å²) in [5, 5.41) is 7.88. The summed E-state index contributed by atoms with van der Waals surface area (Å²) in [6.45, 7) is 2.94. The van der Waals surface area contributed by atoms with Crippen LogP contribution in [0.1, 0.15) is 13.3 Å². The second-order valence-corrected chi connectivity index (χ2v) is 4.45. The Morgan fingerprint density at radius 1 is 1.35 bits per heavy atom. The number of benzene rings is 1. The summed E-state index contributed by atoms with van der Waals surface area (Å²) in [6.07, 6.45) is 2.64. The monoisotopic (exact) mass is 273 g/mol. The first-order valence-electron chi connectivity index (χ1n) is 6.68. The molecule has 1 aromatic carbocycles. The summed E-state index contributed by atoms with van der Waals surface area (Å²) in [5.74, 6) is 1.48. The normalized spacial score (nSPS) is 10.3. The summed E-state index contributed by atoms with van der Waals surface area (Å²) in [4.78, 5) is 15.9. The fourth-order valence-electron chi connectivity index (χ4n) is 1.91. The minimum absolute atomic E-state index is 0.0286. The fourth-order valence-corrected chi connectivity index (χ4v) is 1.91. The predicted molar refractivity (Wildman–Crippen MR) is 80.1 cm³/mol. The highest BCUT2D eigenvalue weighted by molar-refractivity contribution is 5.93. The van der Waals surface area contributed by atoms with Gasteiger partial charge in [0.1, 0.15) is 11.6 Å². The molecule has 0 aliphatic carbocycles. The van der Waals surface area contributed by atoms with E-state index in [2.05, 4.69) is 15.6 Å². The van der Waals surface area contributed by atoms with Gasteiger partial charge in [-0.25, -0.2) is 4.98 Å². The maximum atomic E-state index is 11.6. The SMILES string of the molecule is CCCNC(=O)CNc1nccc2cc(OC)ccc12. The zero-order valence-electron chi connectivity index (χ0n) is 11.8. The van der Waals surface area contributed by atoms with Gasteiger partial charge in [-0.1, -0.05) is 6.92 Å². The molecule has 0 saturated carbocycles. The van der Waals surface area contributed by atoms with Gasteiger partial charge in [0.25, 0.3) is 0 Å². The number of ether oxygens (including phenoxy) is 1. The van der Waals surface area contributed by atoms with E-state index in [1.807, 2.05) is 31.2 Å². The molecule has 1 amide bonds. The number of carbonyl (C=O) groups is 1. The van der Waals surface area contributed by atoms with Crippen LogP contribution in [0.4, 0.5) is 5.82 Å². The molecule has 0 saturated heterocycles. The predicted octanol–water partition coefficient (Wildman–Crippen LogP) is 2.18. The Kier molecular flexibility index (Phi) is 4.76. The minimum atomic E-state index is -0.0286. The molecule has 2 rings (SSSR count). The Morgan fingerprint density at radius 3 is 2.95 bits per heavy atom. The van der Waals surface area contributed by atoms with Crippen molar-refractivity contribution < 1.29 is 9.53 Å². The van der Waals surface area contributed by atoms with Crippen LogP contribution in [0, 0.1) is 0 Å². The van der Waals surface area contributed by atoms with E-state index in [0.29, 0.717) is 12.4 Å². The number of fused-ring (bicyclic) bond motifs is 1. The third-order valence-electron chi connectivity index (χ3n) is 2.96. The highest BCUT2D eigenvalue weighted by Gasteiger charge is 2.05. The van der Waals surface area contributed by atoms with Crippen LogP contribution >= 0.6 is 0 Å². The number of pyridine rings is 1. The van der Waals surface area contributed by atoms with Gasteiger partial charge in [-0.3, -0.25) is 4.79 Å². The number of nitrogens with zero attached hydrogens (tertiary/aromatic N) is 1. The maximum Gasteiger partial charge on any atom is 0.239 e. The molecule has 106 valence electrons. The van der Waals surface area contributed by atoms with Crippen molar-refractivity contribution in [3.05, 3.63) is 30.5 Å². The van der Waals surface area contributed by atoms with Crippen molar-refractivity contribution in [2.75, 3.05) is 25.5 Å². The van der Waals surface area contributed by atoms with Gasteiger partial charge in [0.15, 0.2) is 0 Å². The molecule has 2 aromatic rings. The maximum absolute atomic E-state index is 11.6. The Balaban J connectivity index is 2.12. The number of hydrogen-bond donors (Lipinski definition) is 2. The first-order chi connectivity index (χ1) is 9.74. The van der Waals surface area contributed by atoms with E-state index in [-0.39, 0.29) is 12.5 Å². The number of anilines is 1. The zero-order chi connectivity index (χ0) is 14.4. The van der Waals surface area contributed by atoms with Crippen LogP contribution in [-0.2, 0) is 4.79 Å². The van der Waals surface area contributed by atoms with Gasteiger partial charge in [-0.15, -0.1) is 0 Å². The first kappa shape index (κ1) is 14.1. The molecule has 0 fully saturated rings. The van der Waals surface area contributed by atoms with Crippen LogP contribution in [0.5, 0.6) is 5.75 Å². The molecule has 2 N–H and O–H groups in total. The highest BCUT2D eigenvalue weighted by atomic mass is 16.5. The number of carbonyl (C=O) groups excluding carboxylic acids is 1. The van der Waals surface area contributed by atoms with E-state index in [1.54, 1.807) is 13.3 Å². The quantitative estimate of drug-likeness (QED) is 0.846. The Hall–Kier alpha value is -2.30. The molecular weight excluding hydrogens is 254 g/mol.